The lowest BCUT2D eigenvalue weighted by Crippen LogP contribution is -2.45. The SMILES string of the molecule is CCCN1C(=O)CCC(C(=O)O)C1c1ccc(Cl)cc1Br. The normalized spacial score (nSPS) is 22.4. The molecule has 0 aromatic heterocycles. The highest BCUT2D eigenvalue weighted by Gasteiger charge is 2.41. The molecule has 21 heavy (non-hydrogen) atoms. The zero-order valence-corrected chi connectivity index (χ0v) is 14.0. The van der Waals surface area contributed by atoms with Gasteiger partial charge in [-0.3, -0.25) is 9.59 Å². The molecule has 4 nitrogen and oxygen atoms in total. The molecule has 1 aliphatic rings. The number of carbonyl (C=O) groups excluding carboxylic acids is 1. The van der Waals surface area contributed by atoms with E-state index in [1.807, 2.05) is 6.92 Å². The van der Waals surface area contributed by atoms with Gasteiger partial charge in [-0.05, 0) is 30.5 Å². The number of carbonyl (C=O) groups is 2. The Morgan fingerprint density at radius 3 is 2.81 bits per heavy atom. The van der Waals surface area contributed by atoms with Crippen molar-refractivity contribution in [2.45, 2.75) is 32.2 Å². The number of piperidine rings is 1. The van der Waals surface area contributed by atoms with E-state index >= 15 is 0 Å². The summed E-state index contributed by atoms with van der Waals surface area (Å²) in [6.45, 7) is 2.54. The van der Waals surface area contributed by atoms with Gasteiger partial charge >= 0.3 is 5.97 Å². The minimum atomic E-state index is -0.865. The van der Waals surface area contributed by atoms with E-state index in [9.17, 15) is 14.7 Å². The molecule has 1 amide bonds. The number of halogens is 2. The van der Waals surface area contributed by atoms with Gasteiger partial charge in [0.15, 0.2) is 0 Å². The summed E-state index contributed by atoms with van der Waals surface area (Å²) in [4.78, 5) is 25.5. The first kappa shape index (κ1) is 16.3. The van der Waals surface area contributed by atoms with Gasteiger partial charge in [0.2, 0.25) is 5.91 Å². The molecule has 1 fully saturated rings. The van der Waals surface area contributed by atoms with Crippen LogP contribution < -0.4 is 0 Å². The third-order valence-electron chi connectivity index (χ3n) is 3.77. The Morgan fingerprint density at radius 2 is 2.24 bits per heavy atom. The summed E-state index contributed by atoms with van der Waals surface area (Å²) in [5.41, 5.74) is 0.799. The van der Waals surface area contributed by atoms with Crippen LogP contribution in [-0.4, -0.2) is 28.4 Å². The summed E-state index contributed by atoms with van der Waals surface area (Å²) in [6, 6.07) is 4.81. The molecule has 0 bridgehead atoms. The third-order valence-corrected chi connectivity index (χ3v) is 4.69. The smallest absolute Gasteiger partial charge is 0.308 e. The predicted octanol–water partition coefficient (Wildman–Crippen LogP) is 3.88. The number of benzene rings is 1. The Labute approximate surface area is 137 Å². The molecule has 0 spiro atoms. The molecule has 0 radical (unpaired) electrons. The maximum atomic E-state index is 12.2. The van der Waals surface area contributed by atoms with Gasteiger partial charge in [0.05, 0.1) is 12.0 Å². The van der Waals surface area contributed by atoms with E-state index in [0.717, 1.165) is 16.5 Å². The number of carboxylic acid groups (broad SMARTS) is 1. The van der Waals surface area contributed by atoms with Crippen LogP contribution in [0.5, 0.6) is 0 Å². The Hall–Kier alpha value is -1.07. The standard InChI is InChI=1S/C15H17BrClNO3/c1-2-7-18-13(19)6-5-11(15(20)21)14(18)10-4-3-9(17)8-12(10)16/h3-4,8,11,14H,2,5-7H2,1H3,(H,20,21). The van der Waals surface area contributed by atoms with E-state index in [2.05, 4.69) is 15.9 Å². The van der Waals surface area contributed by atoms with Crippen molar-refractivity contribution in [1.29, 1.82) is 0 Å². The van der Waals surface area contributed by atoms with Crippen LogP contribution in [0.25, 0.3) is 0 Å². The van der Waals surface area contributed by atoms with E-state index in [1.54, 1.807) is 23.1 Å². The third kappa shape index (κ3) is 3.40. The first-order chi connectivity index (χ1) is 9.95. The predicted molar refractivity (Wildman–Crippen MR) is 84.3 cm³/mol. The Balaban J connectivity index is 2.48. The molecular weight excluding hydrogens is 358 g/mol. The van der Waals surface area contributed by atoms with Crippen LogP contribution in [0.1, 0.15) is 37.8 Å². The largest absolute Gasteiger partial charge is 0.481 e. The highest BCUT2D eigenvalue weighted by molar-refractivity contribution is 9.10. The topological polar surface area (TPSA) is 57.6 Å². The summed E-state index contributed by atoms with van der Waals surface area (Å²) >= 11 is 9.40. The number of amides is 1. The van der Waals surface area contributed by atoms with Crippen LogP contribution in [-0.2, 0) is 9.59 Å². The van der Waals surface area contributed by atoms with Crippen molar-refractivity contribution in [2.75, 3.05) is 6.54 Å². The molecule has 2 rings (SSSR count). The second kappa shape index (κ2) is 6.79. The van der Waals surface area contributed by atoms with Gasteiger partial charge in [-0.1, -0.05) is 40.5 Å². The van der Waals surface area contributed by atoms with E-state index in [-0.39, 0.29) is 5.91 Å². The Morgan fingerprint density at radius 1 is 1.52 bits per heavy atom. The maximum absolute atomic E-state index is 12.2. The molecule has 0 aliphatic carbocycles. The second-order valence-corrected chi connectivity index (χ2v) is 6.47. The summed E-state index contributed by atoms with van der Waals surface area (Å²) in [7, 11) is 0. The highest BCUT2D eigenvalue weighted by atomic mass is 79.9. The van der Waals surface area contributed by atoms with Crippen LogP contribution in [0.3, 0.4) is 0 Å². The van der Waals surface area contributed by atoms with Gasteiger partial charge in [-0.15, -0.1) is 0 Å². The summed E-state index contributed by atoms with van der Waals surface area (Å²) in [5, 5.41) is 10.1. The average molecular weight is 375 g/mol. The van der Waals surface area contributed by atoms with Gasteiger partial charge in [0, 0.05) is 22.5 Å². The van der Waals surface area contributed by atoms with E-state index in [1.165, 1.54) is 0 Å². The lowest BCUT2D eigenvalue weighted by molar-refractivity contribution is -0.152. The van der Waals surface area contributed by atoms with Gasteiger partial charge in [-0.2, -0.15) is 0 Å². The first-order valence-electron chi connectivity index (χ1n) is 6.93. The number of likely N-dealkylation sites (tertiary alicyclic amines) is 1. The Bertz CT molecular complexity index is 564. The van der Waals surface area contributed by atoms with Crippen molar-refractivity contribution in [3.05, 3.63) is 33.3 Å². The lowest BCUT2D eigenvalue weighted by atomic mass is 9.84. The summed E-state index contributed by atoms with van der Waals surface area (Å²) < 4.78 is 0.738. The number of rotatable bonds is 4. The molecule has 1 N–H and O–H groups in total. The molecule has 1 aliphatic heterocycles. The van der Waals surface area contributed by atoms with E-state index < -0.39 is 17.9 Å². The van der Waals surface area contributed by atoms with Crippen LogP contribution in [0.2, 0.25) is 5.02 Å². The number of hydrogen-bond acceptors (Lipinski definition) is 2. The maximum Gasteiger partial charge on any atom is 0.308 e. The van der Waals surface area contributed by atoms with Crippen LogP contribution in [0, 0.1) is 5.92 Å². The van der Waals surface area contributed by atoms with Crippen molar-refractivity contribution >= 4 is 39.4 Å². The summed E-state index contributed by atoms with van der Waals surface area (Å²) in [5.74, 6) is -1.44. The number of hydrogen-bond donors (Lipinski definition) is 1. The van der Waals surface area contributed by atoms with Crippen molar-refractivity contribution in [1.82, 2.24) is 4.90 Å². The van der Waals surface area contributed by atoms with Crippen LogP contribution in [0.15, 0.2) is 22.7 Å². The molecule has 2 atom stereocenters. The lowest BCUT2D eigenvalue weighted by Gasteiger charge is -2.40. The second-order valence-electron chi connectivity index (χ2n) is 5.18. The zero-order chi connectivity index (χ0) is 15.6. The Kier molecular flexibility index (Phi) is 5.27. The van der Waals surface area contributed by atoms with Crippen molar-refractivity contribution in [2.24, 2.45) is 5.92 Å². The molecular formula is C15H17BrClNO3. The molecule has 6 heteroatoms. The van der Waals surface area contributed by atoms with Crippen molar-refractivity contribution < 1.29 is 14.7 Å². The van der Waals surface area contributed by atoms with Gasteiger partial charge in [0.1, 0.15) is 0 Å². The van der Waals surface area contributed by atoms with E-state index in [4.69, 9.17) is 11.6 Å². The number of carboxylic acids is 1. The van der Waals surface area contributed by atoms with Crippen LogP contribution in [0.4, 0.5) is 0 Å². The quantitative estimate of drug-likeness (QED) is 0.870. The van der Waals surface area contributed by atoms with Gasteiger partial charge < -0.3 is 10.0 Å². The summed E-state index contributed by atoms with van der Waals surface area (Å²) in [6.07, 6.45) is 1.45. The number of aliphatic carboxylic acids is 1. The molecule has 1 heterocycles. The fourth-order valence-corrected chi connectivity index (χ4v) is 3.76. The molecule has 1 aromatic carbocycles. The van der Waals surface area contributed by atoms with Crippen LogP contribution >= 0.6 is 27.5 Å². The minimum Gasteiger partial charge on any atom is -0.481 e. The molecule has 1 saturated heterocycles. The highest BCUT2D eigenvalue weighted by Crippen LogP contribution is 2.40. The molecule has 2 unspecified atom stereocenters. The first-order valence-corrected chi connectivity index (χ1v) is 8.10. The minimum absolute atomic E-state index is 0.0150. The van der Waals surface area contributed by atoms with E-state index in [0.29, 0.717) is 24.4 Å². The fourth-order valence-electron chi connectivity index (χ4n) is 2.84. The zero-order valence-electron chi connectivity index (χ0n) is 11.7. The van der Waals surface area contributed by atoms with Crippen molar-refractivity contribution in [3.8, 4) is 0 Å². The number of nitrogens with zero attached hydrogens (tertiary/aromatic N) is 1. The van der Waals surface area contributed by atoms with Gasteiger partial charge in [-0.25, -0.2) is 0 Å². The van der Waals surface area contributed by atoms with Gasteiger partial charge in [0.25, 0.3) is 0 Å². The fraction of sp³-hybridized carbons (Fsp3) is 0.467. The van der Waals surface area contributed by atoms with Crippen molar-refractivity contribution in [3.63, 3.8) is 0 Å². The average Bonchev–Trinajstić information content (AvgIpc) is 2.41. The molecule has 0 saturated carbocycles. The monoisotopic (exact) mass is 373 g/mol. The molecule has 1 aromatic rings. The molecule has 114 valence electrons.